The minimum atomic E-state index is -4.63. The average Bonchev–Trinajstić information content (AvgIpc) is 2.87. The zero-order valence-corrected chi connectivity index (χ0v) is 10.6. The van der Waals surface area contributed by atoms with Gasteiger partial charge in [0.1, 0.15) is 17.1 Å². The van der Waals surface area contributed by atoms with Gasteiger partial charge in [-0.05, 0) is 12.1 Å². The van der Waals surface area contributed by atoms with Gasteiger partial charge in [0.15, 0.2) is 0 Å². The van der Waals surface area contributed by atoms with E-state index in [9.17, 15) is 18.0 Å². The van der Waals surface area contributed by atoms with Crippen LogP contribution >= 0.6 is 11.3 Å². The maximum absolute atomic E-state index is 12.6. The number of aromatic nitrogens is 2. The maximum atomic E-state index is 12.6. The van der Waals surface area contributed by atoms with Crippen molar-refractivity contribution in [3.05, 3.63) is 40.0 Å². The molecule has 20 heavy (non-hydrogen) atoms. The van der Waals surface area contributed by atoms with Crippen LogP contribution in [0, 0.1) is 0 Å². The second-order valence-electron chi connectivity index (χ2n) is 3.73. The number of pyridine rings is 1. The molecule has 0 spiro atoms. The Morgan fingerprint density at radius 3 is 2.70 bits per heavy atom. The van der Waals surface area contributed by atoms with Crippen molar-refractivity contribution in [3.63, 3.8) is 0 Å². The van der Waals surface area contributed by atoms with Gasteiger partial charge in [0.25, 0.3) is 0 Å². The molecule has 0 atom stereocenters. The van der Waals surface area contributed by atoms with E-state index in [2.05, 4.69) is 15.3 Å². The van der Waals surface area contributed by atoms with E-state index in [0.717, 1.165) is 6.07 Å². The Labute approximate surface area is 115 Å². The fourth-order valence-corrected chi connectivity index (χ4v) is 1.98. The molecule has 2 aromatic heterocycles. The van der Waals surface area contributed by atoms with Crippen molar-refractivity contribution in [1.82, 2.24) is 9.97 Å². The Morgan fingerprint density at radius 1 is 1.40 bits per heavy atom. The molecule has 0 saturated carbocycles. The average molecular weight is 303 g/mol. The summed E-state index contributed by atoms with van der Waals surface area (Å²) >= 11 is 1.32. The number of anilines is 1. The molecule has 0 aromatic carbocycles. The Hall–Kier alpha value is -2.16. The minimum absolute atomic E-state index is 0.0953. The molecule has 0 aliphatic carbocycles. The molecule has 0 radical (unpaired) electrons. The van der Waals surface area contributed by atoms with Crippen molar-refractivity contribution in [2.75, 3.05) is 5.32 Å². The summed E-state index contributed by atoms with van der Waals surface area (Å²) < 4.78 is 37.7. The predicted octanol–water partition coefficient (Wildman–Crippen LogP) is 2.87. The number of alkyl halides is 3. The molecular weight excluding hydrogens is 295 g/mol. The third-order valence-electron chi connectivity index (χ3n) is 2.34. The first-order chi connectivity index (χ1) is 9.38. The number of halogens is 3. The number of carboxylic acids is 1. The number of nitrogens with one attached hydrogen (secondary N) is 1. The standard InChI is InChI=1S/C11H8F3N3O2S/c12-11(13,14)8-2-1-7(10(18)19)9(17-8)15-3-6-4-20-5-16-6/h1-2,4-5H,3H2,(H,15,17)(H,18,19). The van der Waals surface area contributed by atoms with E-state index in [0.29, 0.717) is 11.8 Å². The number of hydrogen-bond acceptors (Lipinski definition) is 5. The van der Waals surface area contributed by atoms with Crippen LogP contribution in [-0.2, 0) is 12.7 Å². The van der Waals surface area contributed by atoms with Gasteiger partial charge in [-0.1, -0.05) is 0 Å². The van der Waals surface area contributed by atoms with Gasteiger partial charge in [-0.25, -0.2) is 14.8 Å². The summed E-state index contributed by atoms with van der Waals surface area (Å²) in [5.74, 6) is -1.69. The third-order valence-corrected chi connectivity index (χ3v) is 2.97. The van der Waals surface area contributed by atoms with Crippen LogP contribution in [-0.4, -0.2) is 21.0 Å². The van der Waals surface area contributed by atoms with Crippen LogP contribution in [0.4, 0.5) is 19.0 Å². The summed E-state index contributed by atoms with van der Waals surface area (Å²) in [6, 6.07) is 1.51. The molecule has 2 heterocycles. The Bertz CT molecular complexity index is 614. The maximum Gasteiger partial charge on any atom is 0.433 e. The Kier molecular flexibility index (Phi) is 3.89. The molecule has 0 fully saturated rings. The van der Waals surface area contributed by atoms with Crippen LogP contribution in [0.2, 0.25) is 0 Å². The van der Waals surface area contributed by atoms with E-state index >= 15 is 0 Å². The van der Waals surface area contributed by atoms with Crippen molar-refractivity contribution in [2.45, 2.75) is 12.7 Å². The molecule has 0 aliphatic rings. The van der Waals surface area contributed by atoms with Crippen LogP contribution in [0.5, 0.6) is 0 Å². The second kappa shape index (κ2) is 5.45. The summed E-state index contributed by atoms with van der Waals surface area (Å²) in [5.41, 5.74) is 0.677. The highest BCUT2D eigenvalue weighted by Gasteiger charge is 2.33. The fraction of sp³-hybridized carbons (Fsp3) is 0.182. The Balaban J connectivity index is 2.29. The third kappa shape index (κ3) is 3.23. The molecule has 0 aliphatic heterocycles. The molecule has 5 nitrogen and oxygen atoms in total. The van der Waals surface area contributed by atoms with Gasteiger partial charge in [-0.3, -0.25) is 0 Å². The number of aromatic carboxylic acids is 1. The van der Waals surface area contributed by atoms with Gasteiger partial charge in [-0.15, -0.1) is 11.3 Å². The molecule has 2 N–H and O–H groups in total. The highest BCUT2D eigenvalue weighted by molar-refractivity contribution is 7.07. The first-order valence-corrected chi connectivity index (χ1v) is 6.24. The van der Waals surface area contributed by atoms with E-state index in [4.69, 9.17) is 5.11 Å². The zero-order chi connectivity index (χ0) is 14.8. The van der Waals surface area contributed by atoms with E-state index < -0.39 is 17.8 Å². The smallest absolute Gasteiger partial charge is 0.433 e. The highest BCUT2D eigenvalue weighted by Crippen LogP contribution is 2.29. The molecule has 106 valence electrons. The van der Waals surface area contributed by atoms with Crippen molar-refractivity contribution >= 4 is 23.1 Å². The van der Waals surface area contributed by atoms with E-state index in [1.807, 2.05) is 0 Å². The lowest BCUT2D eigenvalue weighted by Gasteiger charge is -2.11. The largest absolute Gasteiger partial charge is 0.478 e. The van der Waals surface area contributed by atoms with Crippen molar-refractivity contribution in [3.8, 4) is 0 Å². The Morgan fingerprint density at radius 2 is 2.15 bits per heavy atom. The summed E-state index contributed by atoms with van der Waals surface area (Å²) in [6.45, 7) is 0.0953. The van der Waals surface area contributed by atoms with Crippen molar-refractivity contribution in [1.29, 1.82) is 0 Å². The van der Waals surface area contributed by atoms with E-state index in [-0.39, 0.29) is 17.9 Å². The number of thiazole rings is 1. The van der Waals surface area contributed by atoms with E-state index in [1.165, 1.54) is 11.3 Å². The number of carboxylic acid groups (broad SMARTS) is 1. The first kappa shape index (κ1) is 14.3. The lowest BCUT2D eigenvalue weighted by Crippen LogP contribution is -2.14. The molecule has 9 heteroatoms. The summed E-state index contributed by atoms with van der Waals surface area (Å²) in [5, 5.41) is 13.2. The minimum Gasteiger partial charge on any atom is -0.478 e. The predicted molar refractivity (Wildman–Crippen MR) is 65.6 cm³/mol. The number of nitrogens with zero attached hydrogens (tertiary/aromatic N) is 2. The van der Waals surface area contributed by atoms with Gasteiger partial charge in [0.2, 0.25) is 0 Å². The normalized spacial score (nSPS) is 11.3. The molecule has 0 unspecified atom stereocenters. The van der Waals surface area contributed by atoms with Gasteiger partial charge in [0, 0.05) is 5.38 Å². The van der Waals surface area contributed by atoms with Crippen molar-refractivity contribution in [2.24, 2.45) is 0 Å². The number of rotatable bonds is 4. The van der Waals surface area contributed by atoms with Gasteiger partial charge < -0.3 is 10.4 Å². The zero-order valence-electron chi connectivity index (χ0n) is 9.81. The monoisotopic (exact) mass is 303 g/mol. The van der Waals surface area contributed by atoms with Crippen LogP contribution in [0.1, 0.15) is 21.7 Å². The van der Waals surface area contributed by atoms with Crippen LogP contribution in [0.25, 0.3) is 0 Å². The SMILES string of the molecule is O=C(O)c1ccc(C(F)(F)F)nc1NCc1cscn1. The van der Waals surface area contributed by atoms with Crippen LogP contribution in [0.15, 0.2) is 23.0 Å². The molecule has 0 saturated heterocycles. The van der Waals surface area contributed by atoms with Gasteiger partial charge in [0.05, 0.1) is 17.7 Å². The molecule has 0 bridgehead atoms. The van der Waals surface area contributed by atoms with Crippen molar-refractivity contribution < 1.29 is 23.1 Å². The molecule has 0 amide bonds. The first-order valence-electron chi connectivity index (χ1n) is 5.30. The number of hydrogen-bond donors (Lipinski definition) is 2. The summed E-state index contributed by atoms with van der Waals surface area (Å²) in [6.07, 6.45) is -4.63. The second-order valence-corrected chi connectivity index (χ2v) is 4.45. The van der Waals surface area contributed by atoms with Gasteiger partial charge >= 0.3 is 12.1 Å². The fourth-order valence-electron chi connectivity index (χ4n) is 1.42. The molecule has 2 aromatic rings. The lowest BCUT2D eigenvalue weighted by molar-refractivity contribution is -0.141. The summed E-state index contributed by atoms with van der Waals surface area (Å²) in [7, 11) is 0. The molecule has 2 rings (SSSR count). The topological polar surface area (TPSA) is 75.1 Å². The highest BCUT2D eigenvalue weighted by atomic mass is 32.1. The van der Waals surface area contributed by atoms with E-state index in [1.54, 1.807) is 10.9 Å². The van der Waals surface area contributed by atoms with Crippen LogP contribution < -0.4 is 5.32 Å². The summed E-state index contributed by atoms with van der Waals surface area (Å²) in [4.78, 5) is 18.2. The molecular formula is C11H8F3N3O2S. The van der Waals surface area contributed by atoms with Crippen LogP contribution in [0.3, 0.4) is 0 Å². The quantitative estimate of drug-likeness (QED) is 0.908. The number of carbonyl (C=O) groups is 1. The lowest BCUT2D eigenvalue weighted by atomic mass is 10.2. The van der Waals surface area contributed by atoms with Gasteiger partial charge in [-0.2, -0.15) is 13.2 Å².